The molecule has 290 valence electrons. The lowest BCUT2D eigenvalue weighted by Crippen LogP contribution is -2.10. The molecular formula is C56H44N2O2. The number of nitrogens with zero attached hydrogens (tertiary/aromatic N) is 2. The molecule has 0 saturated carbocycles. The topological polar surface area (TPSA) is 32.8 Å². The summed E-state index contributed by atoms with van der Waals surface area (Å²) in [5, 5.41) is 8.89. The molecule has 0 fully saturated rings. The number of fused-ring (bicyclic) bond motifs is 9. The van der Waals surface area contributed by atoms with E-state index in [2.05, 4.69) is 219 Å². The minimum atomic E-state index is 0.431. The second-order valence-corrected chi connectivity index (χ2v) is 16.6. The SMILES string of the molecule is CC(C)c1cccc(N(c2ccccc2)c2ccc3cc4c(cc3c2)oc2ccc3oc5cc6cc(N(c7ccccc7)c7cccc(C(C)C)c7)ccc6cc5c3c24)c1. The fourth-order valence-electron chi connectivity index (χ4n) is 8.97. The molecule has 0 N–H and O–H groups in total. The Morgan fingerprint density at radius 3 is 1.13 bits per heavy atom. The first-order chi connectivity index (χ1) is 29.4. The van der Waals surface area contributed by atoms with Gasteiger partial charge in [-0.15, -0.1) is 0 Å². The van der Waals surface area contributed by atoms with Gasteiger partial charge in [0, 0.05) is 55.7 Å². The van der Waals surface area contributed by atoms with Crippen LogP contribution in [-0.2, 0) is 0 Å². The Morgan fingerprint density at radius 1 is 0.317 bits per heavy atom. The highest BCUT2D eigenvalue weighted by Gasteiger charge is 2.20. The number of rotatable bonds is 8. The van der Waals surface area contributed by atoms with Gasteiger partial charge in [-0.1, -0.05) is 100 Å². The largest absolute Gasteiger partial charge is 0.456 e. The minimum absolute atomic E-state index is 0.431. The van der Waals surface area contributed by atoms with Crippen LogP contribution >= 0.6 is 0 Å². The van der Waals surface area contributed by atoms with Crippen molar-refractivity contribution in [3.8, 4) is 0 Å². The van der Waals surface area contributed by atoms with Crippen molar-refractivity contribution in [1.82, 2.24) is 0 Å². The van der Waals surface area contributed by atoms with Gasteiger partial charge in [0.15, 0.2) is 0 Å². The van der Waals surface area contributed by atoms with Crippen LogP contribution in [0.1, 0.15) is 50.7 Å². The van der Waals surface area contributed by atoms with Crippen molar-refractivity contribution in [1.29, 1.82) is 0 Å². The summed E-state index contributed by atoms with van der Waals surface area (Å²) >= 11 is 0. The van der Waals surface area contributed by atoms with E-state index in [9.17, 15) is 0 Å². The zero-order valence-corrected chi connectivity index (χ0v) is 34.2. The van der Waals surface area contributed by atoms with E-state index in [0.29, 0.717) is 11.8 Å². The Kier molecular flexibility index (Phi) is 8.49. The van der Waals surface area contributed by atoms with E-state index in [1.165, 1.54) is 11.1 Å². The molecule has 0 saturated heterocycles. The van der Waals surface area contributed by atoms with Crippen molar-refractivity contribution in [2.45, 2.75) is 39.5 Å². The summed E-state index contributed by atoms with van der Waals surface area (Å²) in [7, 11) is 0. The number of para-hydroxylation sites is 2. The first kappa shape index (κ1) is 35.8. The monoisotopic (exact) mass is 776 g/mol. The quantitative estimate of drug-likeness (QED) is 0.154. The van der Waals surface area contributed by atoms with Gasteiger partial charge < -0.3 is 18.6 Å². The molecule has 2 heterocycles. The van der Waals surface area contributed by atoms with Crippen molar-refractivity contribution in [2.75, 3.05) is 9.80 Å². The van der Waals surface area contributed by atoms with Crippen molar-refractivity contribution in [2.24, 2.45) is 0 Å². The fraction of sp³-hybridized carbons (Fsp3) is 0.107. The molecule has 11 aromatic rings. The Balaban J connectivity index is 1.03. The van der Waals surface area contributed by atoms with E-state index < -0.39 is 0 Å². The van der Waals surface area contributed by atoms with E-state index in [1.807, 2.05) is 0 Å². The summed E-state index contributed by atoms with van der Waals surface area (Å²) < 4.78 is 13.3. The highest BCUT2D eigenvalue weighted by Crippen LogP contribution is 2.44. The predicted octanol–water partition coefficient (Wildman–Crippen LogP) is 17.0. The molecule has 0 aliphatic carbocycles. The van der Waals surface area contributed by atoms with Crippen LogP contribution in [0.5, 0.6) is 0 Å². The Labute approximate surface area is 349 Å². The van der Waals surface area contributed by atoms with Crippen LogP contribution < -0.4 is 9.80 Å². The Hall–Kier alpha value is -7.30. The molecule has 0 bridgehead atoms. The molecule has 11 rings (SSSR count). The molecule has 0 atom stereocenters. The summed E-state index contributed by atoms with van der Waals surface area (Å²) in [6.07, 6.45) is 0. The Morgan fingerprint density at radius 2 is 0.717 bits per heavy atom. The average molecular weight is 777 g/mol. The van der Waals surface area contributed by atoms with Crippen molar-refractivity contribution < 1.29 is 8.83 Å². The molecule has 2 aromatic heterocycles. The lowest BCUT2D eigenvalue weighted by Gasteiger charge is -2.26. The smallest absolute Gasteiger partial charge is 0.136 e. The van der Waals surface area contributed by atoms with Gasteiger partial charge in [-0.2, -0.15) is 0 Å². The third-order valence-electron chi connectivity index (χ3n) is 12.1. The maximum atomic E-state index is 6.67. The molecule has 4 nitrogen and oxygen atoms in total. The second kappa shape index (κ2) is 14.2. The second-order valence-electron chi connectivity index (χ2n) is 16.6. The number of anilines is 6. The predicted molar refractivity (Wildman–Crippen MR) is 254 cm³/mol. The summed E-state index contributed by atoms with van der Waals surface area (Å²) in [6, 6.07) is 65.5. The van der Waals surface area contributed by atoms with Crippen LogP contribution in [0.15, 0.2) is 191 Å². The van der Waals surface area contributed by atoms with E-state index in [-0.39, 0.29) is 0 Å². The molecule has 0 aliphatic heterocycles. The number of benzene rings is 9. The highest BCUT2D eigenvalue weighted by atomic mass is 16.3. The highest BCUT2D eigenvalue weighted by molar-refractivity contribution is 6.27. The molecule has 0 amide bonds. The fourth-order valence-corrected chi connectivity index (χ4v) is 8.97. The first-order valence-electron chi connectivity index (χ1n) is 21.0. The zero-order valence-electron chi connectivity index (χ0n) is 34.2. The molecule has 0 spiro atoms. The van der Waals surface area contributed by atoms with Gasteiger partial charge in [-0.25, -0.2) is 0 Å². The van der Waals surface area contributed by atoms with Crippen LogP contribution in [0, 0.1) is 0 Å². The van der Waals surface area contributed by atoms with Gasteiger partial charge in [-0.3, -0.25) is 0 Å². The molecular weight excluding hydrogens is 733 g/mol. The zero-order chi connectivity index (χ0) is 40.5. The standard InChI is InChI=1S/C56H44N2O2/c1-35(2)37-13-11-19-45(27-37)57(43-15-7-5-8-16-43)47-23-21-39-31-49-53(33-41(39)29-47)59-51-25-26-52-56(55(49)51)50-32-40-22-24-48(30-42(40)34-54(50)60-52)58(44-17-9-6-10-18-44)46-20-12-14-38(28-46)36(3)4/h5-36H,1-4H3. The van der Waals surface area contributed by atoms with E-state index in [0.717, 1.165) is 99.5 Å². The lowest BCUT2D eigenvalue weighted by molar-refractivity contribution is 0.663. The van der Waals surface area contributed by atoms with Crippen LogP contribution in [0.2, 0.25) is 0 Å². The third-order valence-corrected chi connectivity index (χ3v) is 12.1. The third kappa shape index (κ3) is 6.06. The summed E-state index contributed by atoms with van der Waals surface area (Å²) in [4.78, 5) is 4.68. The van der Waals surface area contributed by atoms with Gasteiger partial charge in [-0.05, 0) is 154 Å². The minimum Gasteiger partial charge on any atom is -0.456 e. The van der Waals surface area contributed by atoms with Crippen molar-refractivity contribution in [3.05, 3.63) is 193 Å². The van der Waals surface area contributed by atoms with Gasteiger partial charge in [0.1, 0.15) is 22.3 Å². The van der Waals surface area contributed by atoms with Crippen LogP contribution in [0.25, 0.3) is 65.4 Å². The first-order valence-corrected chi connectivity index (χ1v) is 21.0. The lowest BCUT2D eigenvalue weighted by atomic mass is 10.00. The number of furan rings is 2. The van der Waals surface area contributed by atoms with Crippen LogP contribution in [0.4, 0.5) is 34.1 Å². The molecule has 0 radical (unpaired) electrons. The summed E-state index contributed by atoms with van der Waals surface area (Å²) in [5.41, 5.74) is 12.7. The number of hydrogen-bond acceptors (Lipinski definition) is 4. The molecule has 0 aliphatic rings. The van der Waals surface area contributed by atoms with E-state index >= 15 is 0 Å². The normalized spacial score (nSPS) is 12.0. The maximum absolute atomic E-state index is 6.67. The Bertz CT molecular complexity index is 3170. The molecule has 0 unspecified atom stereocenters. The molecule has 9 aromatic carbocycles. The maximum Gasteiger partial charge on any atom is 0.136 e. The summed E-state index contributed by atoms with van der Waals surface area (Å²) in [5.74, 6) is 0.861. The summed E-state index contributed by atoms with van der Waals surface area (Å²) in [6.45, 7) is 8.97. The van der Waals surface area contributed by atoms with Gasteiger partial charge >= 0.3 is 0 Å². The molecule has 60 heavy (non-hydrogen) atoms. The van der Waals surface area contributed by atoms with Gasteiger partial charge in [0.25, 0.3) is 0 Å². The molecule has 4 heteroatoms. The number of hydrogen-bond donors (Lipinski definition) is 0. The van der Waals surface area contributed by atoms with E-state index in [1.54, 1.807) is 0 Å². The van der Waals surface area contributed by atoms with Gasteiger partial charge in [0.05, 0.1) is 0 Å². The van der Waals surface area contributed by atoms with Crippen molar-refractivity contribution in [3.63, 3.8) is 0 Å². The van der Waals surface area contributed by atoms with Gasteiger partial charge in [0.2, 0.25) is 0 Å². The van der Waals surface area contributed by atoms with Crippen LogP contribution in [0.3, 0.4) is 0 Å². The average Bonchev–Trinajstić information content (AvgIpc) is 3.82. The van der Waals surface area contributed by atoms with E-state index in [4.69, 9.17) is 8.83 Å². The van der Waals surface area contributed by atoms with Crippen LogP contribution in [-0.4, -0.2) is 0 Å². The van der Waals surface area contributed by atoms with Crippen molar-refractivity contribution >= 4 is 99.5 Å².